The lowest BCUT2D eigenvalue weighted by Crippen LogP contribution is -2.30. The van der Waals surface area contributed by atoms with Gasteiger partial charge in [-0.3, -0.25) is 4.79 Å². The number of aryl methyl sites for hydroxylation is 1. The summed E-state index contributed by atoms with van der Waals surface area (Å²) in [4.78, 5) is 20.2. The van der Waals surface area contributed by atoms with Crippen molar-refractivity contribution in [2.75, 3.05) is 25.0 Å². The zero-order valence-electron chi connectivity index (χ0n) is 12.8. The Bertz CT molecular complexity index is 552. The Morgan fingerprint density at radius 1 is 1.33 bits per heavy atom. The molecule has 114 valence electrons. The molecule has 1 aromatic heterocycles. The van der Waals surface area contributed by atoms with Gasteiger partial charge in [0.15, 0.2) is 5.13 Å². The van der Waals surface area contributed by atoms with Gasteiger partial charge >= 0.3 is 0 Å². The third-order valence-corrected chi connectivity index (χ3v) is 6.85. The molecule has 2 heterocycles. The van der Waals surface area contributed by atoms with E-state index >= 15 is 0 Å². The van der Waals surface area contributed by atoms with Gasteiger partial charge in [-0.25, -0.2) is 4.98 Å². The van der Waals surface area contributed by atoms with Crippen LogP contribution in [-0.4, -0.2) is 35.4 Å². The zero-order chi connectivity index (χ0) is 14.6. The van der Waals surface area contributed by atoms with Gasteiger partial charge in [-0.15, -0.1) is 0 Å². The first-order valence-corrected chi connectivity index (χ1v) is 8.99. The number of thiazole rings is 1. The topological polar surface area (TPSA) is 45.2 Å². The van der Waals surface area contributed by atoms with Gasteiger partial charge in [-0.2, -0.15) is 0 Å². The summed E-state index contributed by atoms with van der Waals surface area (Å²) < 4.78 is 0. The maximum absolute atomic E-state index is 12.8. The van der Waals surface area contributed by atoms with Crippen molar-refractivity contribution in [3.63, 3.8) is 0 Å². The molecule has 3 fully saturated rings. The van der Waals surface area contributed by atoms with E-state index < -0.39 is 0 Å². The number of likely N-dealkylation sites (tertiary alicyclic amines) is 1. The summed E-state index contributed by atoms with van der Waals surface area (Å²) in [7, 11) is 0. The molecule has 5 heteroatoms. The molecular formula is C16H23N3OS. The van der Waals surface area contributed by atoms with Crippen molar-refractivity contribution in [1.82, 2.24) is 9.88 Å². The summed E-state index contributed by atoms with van der Waals surface area (Å²) in [6.45, 7) is 6.82. The predicted octanol–water partition coefficient (Wildman–Crippen LogP) is 3.00. The van der Waals surface area contributed by atoms with Gasteiger partial charge in [-0.05, 0) is 56.8 Å². The Balaban J connectivity index is 1.51. The van der Waals surface area contributed by atoms with Gasteiger partial charge in [0.1, 0.15) is 4.88 Å². The number of nitrogens with one attached hydrogen (secondary N) is 1. The second-order valence-electron chi connectivity index (χ2n) is 6.83. The van der Waals surface area contributed by atoms with Crippen LogP contribution in [-0.2, 0) is 0 Å². The lowest BCUT2D eigenvalue weighted by atomic mass is 9.82. The fourth-order valence-electron chi connectivity index (χ4n) is 4.81. The van der Waals surface area contributed by atoms with Crippen LogP contribution in [0.15, 0.2) is 0 Å². The lowest BCUT2D eigenvalue weighted by Gasteiger charge is -2.22. The standard InChI is InChI=1S/C16H23N3OS/c1-3-17-16-18-9(2)14(21-16)15(20)19-7-12-10-4-5-11(6-10)13(12)8-19/h10-13H,3-8H2,1-2H3,(H,17,18)/t10-,11+,12-,13+. The maximum atomic E-state index is 12.8. The molecule has 1 amide bonds. The number of hydrogen-bond donors (Lipinski definition) is 1. The van der Waals surface area contributed by atoms with E-state index in [4.69, 9.17) is 0 Å². The van der Waals surface area contributed by atoms with Crippen molar-refractivity contribution >= 4 is 22.4 Å². The second kappa shape index (κ2) is 4.97. The molecule has 0 unspecified atom stereocenters. The summed E-state index contributed by atoms with van der Waals surface area (Å²) in [5.41, 5.74) is 0.876. The van der Waals surface area contributed by atoms with Gasteiger partial charge in [0.2, 0.25) is 0 Å². The number of anilines is 1. The molecule has 3 aliphatic rings. The number of hydrogen-bond acceptors (Lipinski definition) is 4. The fraction of sp³-hybridized carbons (Fsp3) is 0.750. The van der Waals surface area contributed by atoms with Crippen molar-refractivity contribution in [2.45, 2.75) is 33.1 Å². The van der Waals surface area contributed by atoms with Crippen LogP contribution >= 0.6 is 11.3 Å². The highest BCUT2D eigenvalue weighted by Gasteiger charge is 2.52. The number of nitrogens with zero attached hydrogens (tertiary/aromatic N) is 2. The molecule has 0 radical (unpaired) electrons. The average Bonchev–Trinajstić information content (AvgIpc) is 3.19. The van der Waals surface area contributed by atoms with Gasteiger partial charge in [0.05, 0.1) is 5.69 Å². The molecule has 4 nitrogen and oxygen atoms in total. The summed E-state index contributed by atoms with van der Waals surface area (Å²) in [5, 5.41) is 4.09. The van der Waals surface area contributed by atoms with Crippen LogP contribution in [0.1, 0.15) is 41.6 Å². The summed E-state index contributed by atoms with van der Waals surface area (Å²) >= 11 is 1.51. The van der Waals surface area contributed by atoms with Crippen LogP contribution in [0.4, 0.5) is 5.13 Å². The molecular weight excluding hydrogens is 282 g/mol. The van der Waals surface area contributed by atoms with E-state index in [9.17, 15) is 4.79 Å². The molecule has 1 aromatic rings. The minimum absolute atomic E-state index is 0.211. The molecule has 21 heavy (non-hydrogen) atoms. The Labute approximate surface area is 129 Å². The van der Waals surface area contributed by atoms with E-state index in [2.05, 4.69) is 22.1 Å². The third-order valence-electron chi connectivity index (χ3n) is 5.74. The van der Waals surface area contributed by atoms with Crippen molar-refractivity contribution in [3.05, 3.63) is 10.6 Å². The van der Waals surface area contributed by atoms with Crippen molar-refractivity contribution in [2.24, 2.45) is 23.7 Å². The molecule has 1 saturated heterocycles. The molecule has 2 aliphatic carbocycles. The third kappa shape index (κ3) is 2.08. The van der Waals surface area contributed by atoms with Gasteiger partial charge in [0.25, 0.3) is 5.91 Å². The SMILES string of the molecule is CCNc1nc(C)c(C(=O)N2C[C@@H]3[C@@H]4CC[C@@H](C4)[C@@H]3C2)s1. The van der Waals surface area contributed by atoms with Crippen LogP contribution in [0.2, 0.25) is 0 Å². The molecule has 4 rings (SSSR count). The fourth-order valence-corrected chi connectivity index (χ4v) is 5.82. The molecule has 0 aromatic carbocycles. The first-order valence-electron chi connectivity index (χ1n) is 8.18. The number of rotatable bonds is 3. The largest absolute Gasteiger partial charge is 0.362 e. The van der Waals surface area contributed by atoms with E-state index in [1.165, 1.54) is 30.6 Å². The number of carbonyl (C=O) groups excluding carboxylic acids is 1. The van der Waals surface area contributed by atoms with E-state index in [1.54, 1.807) is 0 Å². The second-order valence-corrected chi connectivity index (χ2v) is 7.83. The van der Waals surface area contributed by atoms with Crippen LogP contribution in [0.25, 0.3) is 0 Å². The number of aromatic nitrogens is 1. The minimum Gasteiger partial charge on any atom is -0.362 e. The van der Waals surface area contributed by atoms with Crippen molar-refractivity contribution in [3.8, 4) is 0 Å². The van der Waals surface area contributed by atoms with E-state index in [1.807, 2.05) is 6.92 Å². The highest BCUT2D eigenvalue weighted by molar-refractivity contribution is 7.17. The van der Waals surface area contributed by atoms with Crippen LogP contribution in [0.3, 0.4) is 0 Å². The van der Waals surface area contributed by atoms with Crippen LogP contribution in [0.5, 0.6) is 0 Å². The first-order chi connectivity index (χ1) is 10.2. The summed E-state index contributed by atoms with van der Waals surface area (Å²) in [6, 6.07) is 0. The van der Waals surface area contributed by atoms with Gasteiger partial charge in [0, 0.05) is 19.6 Å². The monoisotopic (exact) mass is 305 g/mol. The lowest BCUT2D eigenvalue weighted by molar-refractivity contribution is 0.0780. The smallest absolute Gasteiger partial charge is 0.265 e. The quantitative estimate of drug-likeness (QED) is 0.933. The van der Waals surface area contributed by atoms with Crippen LogP contribution in [0, 0.1) is 30.6 Å². The number of carbonyl (C=O) groups is 1. The maximum Gasteiger partial charge on any atom is 0.265 e. The van der Waals surface area contributed by atoms with E-state index in [0.29, 0.717) is 0 Å². The van der Waals surface area contributed by atoms with E-state index in [-0.39, 0.29) is 5.91 Å². The van der Waals surface area contributed by atoms with Gasteiger partial charge in [-0.1, -0.05) is 11.3 Å². The molecule has 1 N–H and O–H groups in total. The molecule has 1 aliphatic heterocycles. The Morgan fingerprint density at radius 2 is 2.00 bits per heavy atom. The molecule has 2 bridgehead atoms. The Morgan fingerprint density at radius 3 is 2.62 bits per heavy atom. The number of fused-ring (bicyclic) bond motifs is 5. The van der Waals surface area contributed by atoms with Crippen LogP contribution < -0.4 is 5.32 Å². The Kier molecular flexibility index (Phi) is 3.21. The number of amides is 1. The summed E-state index contributed by atoms with van der Waals surface area (Å²) in [5.74, 6) is 3.58. The minimum atomic E-state index is 0.211. The highest BCUT2D eigenvalue weighted by Crippen LogP contribution is 2.55. The van der Waals surface area contributed by atoms with Crippen molar-refractivity contribution in [1.29, 1.82) is 0 Å². The first kappa shape index (κ1) is 13.6. The van der Waals surface area contributed by atoms with Crippen molar-refractivity contribution < 1.29 is 4.79 Å². The normalized spacial score (nSPS) is 33.5. The Hall–Kier alpha value is -1.10. The average molecular weight is 305 g/mol. The summed E-state index contributed by atoms with van der Waals surface area (Å²) in [6.07, 6.45) is 4.23. The molecule has 0 spiro atoms. The molecule has 2 saturated carbocycles. The predicted molar refractivity (Wildman–Crippen MR) is 84.7 cm³/mol. The highest BCUT2D eigenvalue weighted by atomic mass is 32.1. The van der Waals surface area contributed by atoms with E-state index in [0.717, 1.165) is 59.0 Å². The molecule has 4 atom stereocenters. The zero-order valence-corrected chi connectivity index (χ0v) is 13.6. The van der Waals surface area contributed by atoms with Gasteiger partial charge < -0.3 is 10.2 Å².